The van der Waals surface area contributed by atoms with Gasteiger partial charge in [0.2, 0.25) is 0 Å². The number of furan rings is 1. The van der Waals surface area contributed by atoms with Gasteiger partial charge >= 0.3 is 12.1 Å². The molecule has 5 aromatic rings. The summed E-state index contributed by atoms with van der Waals surface area (Å²) >= 11 is 0. The quantitative estimate of drug-likeness (QED) is 0.165. The number of fused-ring (bicyclic) bond motifs is 1. The van der Waals surface area contributed by atoms with E-state index in [-0.39, 0.29) is 19.0 Å². The highest BCUT2D eigenvalue weighted by Gasteiger charge is 2.17. The van der Waals surface area contributed by atoms with Gasteiger partial charge in [-0.3, -0.25) is 9.78 Å². The van der Waals surface area contributed by atoms with Crippen LogP contribution in [0.25, 0.3) is 33.2 Å². The number of nitrogens with one attached hydrogen (secondary N) is 1. The Morgan fingerprint density at radius 1 is 0.909 bits per heavy atom. The molecule has 44 heavy (non-hydrogen) atoms. The van der Waals surface area contributed by atoms with Crippen molar-refractivity contribution in [2.75, 3.05) is 6.61 Å². The molecule has 5 rings (SSSR count). The molecule has 226 valence electrons. The first kappa shape index (κ1) is 30.4. The third-order valence-electron chi connectivity index (χ3n) is 6.78. The molecule has 2 heterocycles. The molecule has 0 fully saturated rings. The number of pyridine rings is 1. The van der Waals surface area contributed by atoms with Gasteiger partial charge in [0.15, 0.2) is 0 Å². The number of ether oxygens (including phenoxy) is 3. The van der Waals surface area contributed by atoms with Crippen LogP contribution >= 0.6 is 0 Å². The normalized spacial score (nSPS) is 11.3. The molecule has 0 aliphatic rings. The fraction of sp³-hybridized carbons (Fsp3) is 0.250. The van der Waals surface area contributed by atoms with Crippen molar-refractivity contribution in [3.8, 4) is 28.0 Å². The number of hydrogen-bond donors (Lipinski definition) is 1. The molecule has 0 aliphatic carbocycles. The van der Waals surface area contributed by atoms with Crippen molar-refractivity contribution in [3.63, 3.8) is 0 Å². The molecular weight excluding hydrogens is 556 g/mol. The van der Waals surface area contributed by atoms with Gasteiger partial charge < -0.3 is 23.9 Å². The van der Waals surface area contributed by atoms with E-state index in [1.807, 2.05) is 93.6 Å². The lowest BCUT2D eigenvalue weighted by molar-refractivity contribution is -0.142. The van der Waals surface area contributed by atoms with E-state index in [2.05, 4.69) is 10.3 Å². The van der Waals surface area contributed by atoms with Gasteiger partial charge in [-0.15, -0.1) is 0 Å². The second kappa shape index (κ2) is 13.5. The van der Waals surface area contributed by atoms with E-state index in [0.29, 0.717) is 18.9 Å². The van der Waals surface area contributed by atoms with Crippen LogP contribution in [0.2, 0.25) is 0 Å². The first-order chi connectivity index (χ1) is 21.2. The molecule has 0 radical (unpaired) electrons. The maximum Gasteiger partial charge on any atom is 0.407 e. The summed E-state index contributed by atoms with van der Waals surface area (Å²) in [5.74, 6) is 0.290. The molecule has 0 unspecified atom stereocenters. The third kappa shape index (κ3) is 7.83. The summed E-state index contributed by atoms with van der Waals surface area (Å²) in [7, 11) is 0. The standard InChI is InChI=1S/C36H36N2O6/c1-5-41-33(39)20-28-12-11-26(30-10-7-14-37-22-30)19-32(28)43-23-25-17-29-13-15-42-34(29)31(18-25)27-9-6-8-24(16-27)21-38-35(40)44-36(2,3)4/h6-19,22H,5,20-21,23H2,1-4H3,(H,38,40). The van der Waals surface area contributed by atoms with Gasteiger partial charge in [-0.25, -0.2) is 4.79 Å². The van der Waals surface area contributed by atoms with Crippen molar-refractivity contribution in [1.82, 2.24) is 10.3 Å². The number of nitrogens with zero attached hydrogens (tertiary/aromatic N) is 1. The lowest BCUT2D eigenvalue weighted by Gasteiger charge is -2.19. The number of aromatic nitrogens is 1. The van der Waals surface area contributed by atoms with E-state index in [4.69, 9.17) is 18.6 Å². The summed E-state index contributed by atoms with van der Waals surface area (Å²) in [4.78, 5) is 28.8. The Bertz CT molecular complexity index is 1750. The fourth-order valence-electron chi connectivity index (χ4n) is 4.86. The van der Waals surface area contributed by atoms with Crippen molar-refractivity contribution in [2.45, 2.75) is 52.9 Å². The number of hydrogen-bond acceptors (Lipinski definition) is 7. The Hall–Kier alpha value is -5.11. The average Bonchev–Trinajstić information content (AvgIpc) is 3.48. The summed E-state index contributed by atoms with van der Waals surface area (Å²) in [6, 6.07) is 23.6. The first-order valence-electron chi connectivity index (χ1n) is 14.6. The number of amides is 1. The minimum absolute atomic E-state index is 0.104. The van der Waals surface area contributed by atoms with Gasteiger partial charge in [0.25, 0.3) is 0 Å². The molecule has 8 heteroatoms. The van der Waals surface area contributed by atoms with Crippen molar-refractivity contribution in [2.24, 2.45) is 0 Å². The zero-order valence-electron chi connectivity index (χ0n) is 25.4. The highest BCUT2D eigenvalue weighted by Crippen LogP contribution is 2.33. The van der Waals surface area contributed by atoms with Crippen LogP contribution in [0, 0.1) is 0 Å². The summed E-state index contributed by atoms with van der Waals surface area (Å²) in [5, 5.41) is 3.76. The number of rotatable bonds is 10. The second-order valence-corrected chi connectivity index (χ2v) is 11.4. The molecule has 0 saturated carbocycles. The summed E-state index contributed by atoms with van der Waals surface area (Å²) in [6.45, 7) is 8.18. The Balaban J connectivity index is 1.41. The van der Waals surface area contributed by atoms with Crippen molar-refractivity contribution in [3.05, 3.63) is 108 Å². The highest BCUT2D eigenvalue weighted by atomic mass is 16.6. The van der Waals surface area contributed by atoms with Crippen LogP contribution in [-0.2, 0) is 33.8 Å². The van der Waals surface area contributed by atoms with Crippen molar-refractivity contribution in [1.29, 1.82) is 0 Å². The largest absolute Gasteiger partial charge is 0.489 e. The molecule has 0 spiro atoms. The van der Waals surface area contributed by atoms with Gasteiger partial charge in [-0.1, -0.05) is 36.4 Å². The third-order valence-corrected chi connectivity index (χ3v) is 6.78. The van der Waals surface area contributed by atoms with E-state index in [0.717, 1.165) is 49.9 Å². The Morgan fingerprint density at radius 3 is 2.52 bits per heavy atom. The molecule has 0 aliphatic heterocycles. The van der Waals surface area contributed by atoms with Crippen LogP contribution in [0.15, 0.2) is 95.9 Å². The Morgan fingerprint density at radius 2 is 1.75 bits per heavy atom. The highest BCUT2D eigenvalue weighted by molar-refractivity contribution is 5.93. The van der Waals surface area contributed by atoms with E-state index in [1.165, 1.54) is 0 Å². The fourth-order valence-corrected chi connectivity index (χ4v) is 4.86. The zero-order valence-corrected chi connectivity index (χ0v) is 25.4. The minimum Gasteiger partial charge on any atom is -0.489 e. The molecule has 8 nitrogen and oxygen atoms in total. The maximum atomic E-state index is 12.4. The molecule has 3 aromatic carbocycles. The van der Waals surface area contributed by atoms with Gasteiger partial charge in [-0.2, -0.15) is 0 Å². The van der Waals surface area contributed by atoms with Crippen LogP contribution < -0.4 is 10.1 Å². The van der Waals surface area contributed by atoms with Gasteiger partial charge in [0.1, 0.15) is 23.5 Å². The predicted molar refractivity (Wildman–Crippen MR) is 169 cm³/mol. The molecule has 1 amide bonds. The average molecular weight is 593 g/mol. The zero-order chi connectivity index (χ0) is 31.1. The lowest BCUT2D eigenvalue weighted by Crippen LogP contribution is -2.32. The summed E-state index contributed by atoms with van der Waals surface area (Å²) in [5.41, 5.74) is 6.51. The van der Waals surface area contributed by atoms with Crippen LogP contribution in [0.3, 0.4) is 0 Å². The van der Waals surface area contributed by atoms with Crippen molar-refractivity contribution < 1.29 is 28.2 Å². The van der Waals surface area contributed by atoms with E-state index >= 15 is 0 Å². The Labute approximate surface area is 257 Å². The molecule has 0 saturated heterocycles. The van der Waals surface area contributed by atoms with Crippen molar-refractivity contribution >= 4 is 23.0 Å². The topological polar surface area (TPSA) is 99.9 Å². The molecular formula is C36H36N2O6. The monoisotopic (exact) mass is 592 g/mol. The molecule has 0 atom stereocenters. The number of esters is 1. The molecule has 0 bridgehead atoms. The summed E-state index contributed by atoms with van der Waals surface area (Å²) < 4.78 is 22.8. The number of benzene rings is 3. The second-order valence-electron chi connectivity index (χ2n) is 11.4. The first-order valence-corrected chi connectivity index (χ1v) is 14.6. The minimum atomic E-state index is -0.570. The smallest absolute Gasteiger partial charge is 0.407 e. The Kier molecular flexibility index (Phi) is 9.29. The van der Waals surface area contributed by atoms with E-state index in [9.17, 15) is 9.59 Å². The molecule has 2 aromatic heterocycles. The van der Waals surface area contributed by atoms with Gasteiger partial charge in [0, 0.05) is 41.0 Å². The van der Waals surface area contributed by atoms with E-state index in [1.54, 1.807) is 25.6 Å². The van der Waals surface area contributed by atoms with E-state index < -0.39 is 11.7 Å². The van der Waals surface area contributed by atoms with Gasteiger partial charge in [0.05, 0.1) is 19.3 Å². The summed E-state index contributed by atoms with van der Waals surface area (Å²) in [6.07, 6.45) is 4.83. The van der Waals surface area contributed by atoms with Crippen LogP contribution in [-0.4, -0.2) is 29.3 Å². The predicted octanol–water partition coefficient (Wildman–Crippen LogP) is 7.87. The van der Waals surface area contributed by atoms with Crippen LogP contribution in [0.4, 0.5) is 4.79 Å². The SMILES string of the molecule is CCOC(=O)Cc1ccc(-c2cccnc2)cc1OCc1cc(-c2cccc(CNC(=O)OC(C)(C)C)c2)c2occc2c1. The lowest BCUT2D eigenvalue weighted by atomic mass is 9.99. The number of alkyl carbamates (subject to hydrolysis) is 1. The van der Waals surface area contributed by atoms with Crippen LogP contribution in [0.5, 0.6) is 5.75 Å². The molecule has 1 N–H and O–H groups in total. The number of carbonyl (C=O) groups is 2. The number of carbonyl (C=O) groups excluding carboxylic acids is 2. The van der Waals surface area contributed by atoms with Crippen LogP contribution in [0.1, 0.15) is 44.4 Å². The maximum absolute atomic E-state index is 12.4. The van der Waals surface area contributed by atoms with Gasteiger partial charge in [-0.05, 0) is 86.3 Å².